The Morgan fingerprint density at radius 3 is 1.46 bits per heavy atom. The number of benzene rings is 2. The predicted octanol–water partition coefficient (Wildman–Crippen LogP) is 3.96. The van der Waals surface area contributed by atoms with Gasteiger partial charge in [-0.15, -0.1) is 0 Å². The Kier molecular flexibility index (Phi) is 7.19. The number of hydrogen-bond acceptors (Lipinski definition) is 2. The second-order valence-corrected chi connectivity index (χ2v) is 7.00. The van der Waals surface area contributed by atoms with E-state index in [9.17, 15) is 9.59 Å². The topological polar surface area (TPSA) is 58.2 Å². The molecule has 2 amide bonds. The molecule has 2 unspecified atom stereocenters. The van der Waals surface area contributed by atoms with Crippen LogP contribution in [0.25, 0.3) is 12.2 Å². The highest BCUT2D eigenvalue weighted by atomic mass is 16.2. The van der Waals surface area contributed by atoms with E-state index in [2.05, 4.69) is 10.6 Å². The molecular formula is C24H26N2O2. The molecule has 1 aliphatic carbocycles. The summed E-state index contributed by atoms with van der Waals surface area (Å²) in [6, 6.07) is 19.4. The Hall–Kier alpha value is -3.14. The fraction of sp³-hybridized carbons (Fsp3) is 0.250. The summed E-state index contributed by atoms with van der Waals surface area (Å²) in [5.41, 5.74) is 1.97. The molecule has 0 heterocycles. The molecule has 0 radical (unpaired) electrons. The molecule has 0 bridgehead atoms. The van der Waals surface area contributed by atoms with Gasteiger partial charge in [0.2, 0.25) is 11.8 Å². The molecule has 1 aliphatic rings. The Morgan fingerprint density at radius 2 is 1.07 bits per heavy atom. The van der Waals surface area contributed by atoms with Crippen molar-refractivity contribution in [1.82, 2.24) is 10.6 Å². The van der Waals surface area contributed by atoms with Crippen molar-refractivity contribution in [2.24, 2.45) is 0 Å². The van der Waals surface area contributed by atoms with Gasteiger partial charge in [0.05, 0.1) is 0 Å². The van der Waals surface area contributed by atoms with E-state index in [1.165, 1.54) is 0 Å². The molecular weight excluding hydrogens is 348 g/mol. The monoisotopic (exact) mass is 374 g/mol. The predicted molar refractivity (Wildman–Crippen MR) is 113 cm³/mol. The first kappa shape index (κ1) is 19.6. The van der Waals surface area contributed by atoms with Crippen molar-refractivity contribution < 1.29 is 9.59 Å². The first-order valence-electron chi connectivity index (χ1n) is 9.78. The average Bonchev–Trinajstić information content (AvgIpc) is 2.74. The second-order valence-electron chi connectivity index (χ2n) is 7.00. The van der Waals surface area contributed by atoms with Crippen LogP contribution in [-0.4, -0.2) is 23.9 Å². The fourth-order valence-corrected chi connectivity index (χ4v) is 3.41. The molecule has 1 saturated carbocycles. The molecule has 0 aromatic heterocycles. The van der Waals surface area contributed by atoms with Crippen molar-refractivity contribution in [2.75, 3.05) is 0 Å². The second kappa shape index (κ2) is 10.3. The zero-order valence-corrected chi connectivity index (χ0v) is 15.9. The molecule has 0 spiro atoms. The molecule has 144 valence electrons. The van der Waals surface area contributed by atoms with Crippen LogP contribution in [-0.2, 0) is 9.59 Å². The van der Waals surface area contributed by atoms with Gasteiger partial charge in [-0.05, 0) is 36.1 Å². The third-order valence-electron chi connectivity index (χ3n) is 4.87. The summed E-state index contributed by atoms with van der Waals surface area (Å²) in [7, 11) is 0. The lowest BCUT2D eigenvalue weighted by molar-refractivity contribution is -0.120. The highest BCUT2D eigenvalue weighted by molar-refractivity contribution is 5.93. The number of amides is 2. The maximum Gasteiger partial charge on any atom is 0.244 e. The van der Waals surface area contributed by atoms with Crippen LogP contribution in [0.1, 0.15) is 36.8 Å². The molecule has 3 rings (SSSR count). The molecule has 4 heteroatoms. The van der Waals surface area contributed by atoms with E-state index in [1.807, 2.05) is 60.7 Å². The van der Waals surface area contributed by atoms with Crippen molar-refractivity contribution >= 4 is 24.0 Å². The molecule has 28 heavy (non-hydrogen) atoms. The summed E-state index contributed by atoms with van der Waals surface area (Å²) in [6.45, 7) is 0. The van der Waals surface area contributed by atoms with Crippen LogP contribution in [0.5, 0.6) is 0 Å². The van der Waals surface area contributed by atoms with E-state index in [0.717, 1.165) is 36.8 Å². The Morgan fingerprint density at radius 1 is 0.679 bits per heavy atom. The zero-order chi connectivity index (χ0) is 19.6. The molecule has 0 aliphatic heterocycles. The van der Waals surface area contributed by atoms with Crippen molar-refractivity contribution in [3.05, 3.63) is 83.9 Å². The minimum Gasteiger partial charge on any atom is -0.348 e. The summed E-state index contributed by atoms with van der Waals surface area (Å²) >= 11 is 0. The standard InChI is InChI=1S/C24H26N2O2/c27-23(17-15-19-9-3-1-4-10-19)25-21-13-7-8-14-22(21)26-24(28)18-16-20-11-5-2-6-12-20/h1-6,9-12,15-18,21-22H,7-8,13-14H2,(H,25,27)(H,26,28)/b17-15+,18-16+. The fourth-order valence-electron chi connectivity index (χ4n) is 3.41. The van der Waals surface area contributed by atoms with Gasteiger partial charge in [0.25, 0.3) is 0 Å². The SMILES string of the molecule is O=C(/C=C/c1ccccc1)NC1CCCCC1NC(=O)/C=C/c1ccccc1. The van der Waals surface area contributed by atoms with Crippen molar-refractivity contribution in [3.8, 4) is 0 Å². The third kappa shape index (κ3) is 6.23. The maximum absolute atomic E-state index is 12.3. The minimum atomic E-state index is -0.130. The number of carbonyl (C=O) groups excluding carboxylic acids is 2. The first-order valence-corrected chi connectivity index (χ1v) is 9.78. The van der Waals surface area contributed by atoms with Crippen molar-refractivity contribution in [2.45, 2.75) is 37.8 Å². The van der Waals surface area contributed by atoms with Crippen LogP contribution >= 0.6 is 0 Å². The third-order valence-corrected chi connectivity index (χ3v) is 4.87. The summed E-state index contributed by atoms with van der Waals surface area (Å²) in [4.78, 5) is 24.6. The van der Waals surface area contributed by atoms with E-state index in [0.29, 0.717) is 0 Å². The summed E-state index contributed by atoms with van der Waals surface area (Å²) in [5.74, 6) is -0.260. The number of hydrogen-bond donors (Lipinski definition) is 2. The molecule has 1 fully saturated rings. The number of carbonyl (C=O) groups is 2. The molecule has 0 saturated heterocycles. The van der Waals surface area contributed by atoms with Crippen LogP contribution in [0.4, 0.5) is 0 Å². The van der Waals surface area contributed by atoms with Gasteiger partial charge in [0, 0.05) is 24.2 Å². The van der Waals surface area contributed by atoms with Gasteiger partial charge in [-0.3, -0.25) is 9.59 Å². The maximum atomic E-state index is 12.3. The highest BCUT2D eigenvalue weighted by Crippen LogP contribution is 2.19. The molecule has 2 atom stereocenters. The minimum absolute atomic E-state index is 0.0456. The van der Waals surface area contributed by atoms with E-state index in [-0.39, 0.29) is 23.9 Å². The molecule has 4 nitrogen and oxygen atoms in total. The summed E-state index contributed by atoms with van der Waals surface area (Å²) in [5, 5.41) is 6.11. The van der Waals surface area contributed by atoms with E-state index in [4.69, 9.17) is 0 Å². The lowest BCUT2D eigenvalue weighted by Gasteiger charge is -2.32. The van der Waals surface area contributed by atoms with Crippen LogP contribution in [0, 0.1) is 0 Å². The lowest BCUT2D eigenvalue weighted by Crippen LogP contribution is -2.52. The number of rotatable bonds is 6. The average molecular weight is 374 g/mol. The quantitative estimate of drug-likeness (QED) is 0.752. The van der Waals surface area contributed by atoms with Gasteiger partial charge >= 0.3 is 0 Å². The summed E-state index contributed by atoms with van der Waals surface area (Å²) < 4.78 is 0. The largest absolute Gasteiger partial charge is 0.348 e. The molecule has 2 aromatic rings. The van der Waals surface area contributed by atoms with Crippen molar-refractivity contribution in [1.29, 1.82) is 0 Å². The van der Waals surface area contributed by atoms with Gasteiger partial charge in [0.15, 0.2) is 0 Å². The van der Waals surface area contributed by atoms with E-state index in [1.54, 1.807) is 24.3 Å². The Labute approximate surface area is 166 Å². The van der Waals surface area contributed by atoms with Crippen LogP contribution in [0.2, 0.25) is 0 Å². The normalized spacial score (nSPS) is 19.6. The van der Waals surface area contributed by atoms with E-state index >= 15 is 0 Å². The lowest BCUT2D eigenvalue weighted by atomic mass is 9.90. The van der Waals surface area contributed by atoms with Crippen LogP contribution in [0.3, 0.4) is 0 Å². The first-order chi connectivity index (χ1) is 13.7. The van der Waals surface area contributed by atoms with Gasteiger partial charge in [0.1, 0.15) is 0 Å². The Balaban J connectivity index is 1.54. The van der Waals surface area contributed by atoms with Crippen LogP contribution in [0.15, 0.2) is 72.8 Å². The smallest absolute Gasteiger partial charge is 0.244 e. The zero-order valence-electron chi connectivity index (χ0n) is 15.9. The van der Waals surface area contributed by atoms with Gasteiger partial charge < -0.3 is 10.6 Å². The van der Waals surface area contributed by atoms with Gasteiger partial charge in [-0.25, -0.2) is 0 Å². The highest BCUT2D eigenvalue weighted by Gasteiger charge is 2.26. The summed E-state index contributed by atoms with van der Waals surface area (Å²) in [6.07, 6.45) is 10.6. The van der Waals surface area contributed by atoms with E-state index < -0.39 is 0 Å². The number of nitrogens with one attached hydrogen (secondary N) is 2. The Bertz CT molecular complexity index is 757. The van der Waals surface area contributed by atoms with Gasteiger partial charge in [-0.2, -0.15) is 0 Å². The molecule has 2 aromatic carbocycles. The van der Waals surface area contributed by atoms with Crippen molar-refractivity contribution in [3.63, 3.8) is 0 Å². The van der Waals surface area contributed by atoms with Gasteiger partial charge in [-0.1, -0.05) is 73.5 Å². The molecule has 2 N–H and O–H groups in total. The van der Waals surface area contributed by atoms with Crippen LogP contribution < -0.4 is 10.6 Å².